The number of ether oxygens (including phenoxy) is 2. The van der Waals surface area contributed by atoms with Crippen LogP contribution in [0.3, 0.4) is 0 Å². The summed E-state index contributed by atoms with van der Waals surface area (Å²) >= 11 is 2.77. The molecule has 1 amide bonds. The second-order valence-corrected chi connectivity index (χ2v) is 8.91. The largest absolute Gasteiger partial charge is 0.497 e. The molecule has 4 rings (SSSR count). The predicted octanol–water partition coefficient (Wildman–Crippen LogP) is 3.86. The second kappa shape index (κ2) is 10.5. The molecule has 0 spiro atoms. The number of rotatable bonds is 8. The Bertz CT molecular complexity index is 989. The van der Waals surface area contributed by atoms with Crippen LogP contribution in [0.15, 0.2) is 52.9 Å². The van der Waals surface area contributed by atoms with Crippen molar-refractivity contribution < 1.29 is 14.3 Å². The van der Waals surface area contributed by atoms with Gasteiger partial charge >= 0.3 is 0 Å². The summed E-state index contributed by atoms with van der Waals surface area (Å²) in [6, 6.07) is 15.5. The van der Waals surface area contributed by atoms with Gasteiger partial charge in [-0.15, -0.1) is 10.2 Å². The van der Waals surface area contributed by atoms with Crippen LogP contribution < -0.4 is 20.3 Å². The average Bonchev–Trinajstić information content (AvgIpc) is 3.26. The molecule has 0 radical (unpaired) electrons. The number of morpholine rings is 1. The average molecular weight is 458 g/mol. The molecule has 1 aliphatic heterocycles. The lowest BCUT2D eigenvalue weighted by Crippen LogP contribution is -2.36. The van der Waals surface area contributed by atoms with E-state index < -0.39 is 0 Å². The molecule has 162 valence electrons. The van der Waals surface area contributed by atoms with E-state index in [-0.39, 0.29) is 11.7 Å². The van der Waals surface area contributed by atoms with Gasteiger partial charge in [0, 0.05) is 30.2 Å². The van der Waals surface area contributed by atoms with Crippen molar-refractivity contribution in [1.29, 1.82) is 0 Å². The lowest BCUT2D eigenvalue weighted by molar-refractivity contribution is -0.113. The fraction of sp³-hybridized carbons (Fsp3) is 0.286. The number of anilines is 4. The molecule has 0 atom stereocenters. The number of carbonyl (C=O) groups is 1. The minimum Gasteiger partial charge on any atom is -0.497 e. The Balaban J connectivity index is 1.24. The zero-order valence-electron chi connectivity index (χ0n) is 17.0. The summed E-state index contributed by atoms with van der Waals surface area (Å²) in [7, 11) is 1.63. The molecule has 0 aliphatic carbocycles. The normalized spacial score (nSPS) is 13.6. The van der Waals surface area contributed by atoms with Crippen LogP contribution in [0.1, 0.15) is 0 Å². The summed E-state index contributed by atoms with van der Waals surface area (Å²) in [5, 5.41) is 15.1. The van der Waals surface area contributed by atoms with Gasteiger partial charge in [0.15, 0.2) is 4.34 Å². The first kappa shape index (κ1) is 21.4. The van der Waals surface area contributed by atoms with Gasteiger partial charge in [-0.05, 0) is 48.5 Å². The number of thioether (sulfide) groups is 1. The first-order chi connectivity index (χ1) is 15.2. The van der Waals surface area contributed by atoms with Crippen LogP contribution in [0.2, 0.25) is 0 Å². The topological polar surface area (TPSA) is 88.6 Å². The monoisotopic (exact) mass is 457 g/mol. The second-order valence-electron chi connectivity index (χ2n) is 6.71. The Morgan fingerprint density at radius 3 is 2.52 bits per heavy atom. The Morgan fingerprint density at radius 2 is 1.81 bits per heavy atom. The molecule has 0 saturated carbocycles. The van der Waals surface area contributed by atoms with Gasteiger partial charge in [-0.1, -0.05) is 23.1 Å². The molecule has 8 nitrogen and oxygen atoms in total. The van der Waals surface area contributed by atoms with Crippen LogP contribution in [-0.2, 0) is 9.53 Å². The van der Waals surface area contributed by atoms with Gasteiger partial charge in [-0.3, -0.25) is 4.79 Å². The molecule has 2 heterocycles. The lowest BCUT2D eigenvalue weighted by Gasteiger charge is -2.28. The number of hydrogen-bond acceptors (Lipinski definition) is 9. The molecule has 1 saturated heterocycles. The Kier molecular flexibility index (Phi) is 7.23. The van der Waals surface area contributed by atoms with Crippen LogP contribution in [0, 0.1) is 0 Å². The standard InChI is InChI=1S/C21H23N5O3S2/c1-28-18-8-4-16(5-9-18)23-20-24-25-21(31-20)30-14-19(27)22-15-2-6-17(7-3-15)26-10-12-29-13-11-26/h2-9H,10-14H2,1H3,(H,22,27)(H,23,24). The van der Waals surface area contributed by atoms with Gasteiger partial charge in [0.1, 0.15) is 5.75 Å². The Labute approximate surface area is 189 Å². The van der Waals surface area contributed by atoms with Crippen molar-refractivity contribution in [2.45, 2.75) is 4.34 Å². The minimum atomic E-state index is -0.0796. The van der Waals surface area contributed by atoms with Gasteiger partial charge in [-0.2, -0.15) is 0 Å². The van der Waals surface area contributed by atoms with Gasteiger partial charge in [0.25, 0.3) is 0 Å². The summed E-state index contributed by atoms with van der Waals surface area (Å²) in [4.78, 5) is 14.6. The van der Waals surface area contributed by atoms with Crippen LogP contribution in [0.4, 0.5) is 22.2 Å². The summed E-state index contributed by atoms with van der Waals surface area (Å²) in [6.07, 6.45) is 0. The first-order valence-electron chi connectivity index (χ1n) is 9.79. The molecule has 2 aromatic carbocycles. The number of benzene rings is 2. The van der Waals surface area contributed by atoms with E-state index in [9.17, 15) is 4.79 Å². The van der Waals surface area contributed by atoms with Crippen molar-refractivity contribution in [3.8, 4) is 5.75 Å². The van der Waals surface area contributed by atoms with Crippen LogP contribution >= 0.6 is 23.1 Å². The fourth-order valence-corrected chi connectivity index (χ4v) is 4.59. The molecule has 0 unspecified atom stereocenters. The van der Waals surface area contributed by atoms with E-state index in [1.807, 2.05) is 48.5 Å². The minimum absolute atomic E-state index is 0.0796. The highest BCUT2D eigenvalue weighted by atomic mass is 32.2. The number of amides is 1. The molecule has 1 aromatic heterocycles. The lowest BCUT2D eigenvalue weighted by atomic mass is 10.2. The number of hydrogen-bond donors (Lipinski definition) is 2. The third-order valence-electron chi connectivity index (χ3n) is 4.60. The van der Waals surface area contributed by atoms with E-state index in [0.29, 0.717) is 5.13 Å². The van der Waals surface area contributed by atoms with Gasteiger partial charge in [-0.25, -0.2) is 0 Å². The summed E-state index contributed by atoms with van der Waals surface area (Å²) in [6.45, 7) is 3.27. The highest BCUT2D eigenvalue weighted by molar-refractivity contribution is 8.01. The first-order valence-corrected chi connectivity index (χ1v) is 11.6. The van der Waals surface area contributed by atoms with E-state index >= 15 is 0 Å². The molecule has 1 fully saturated rings. The van der Waals surface area contributed by atoms with Gasteiger partial charge in [0.2, 0.25) is 11.0 Å². The van der Waals surface area contributed by atoms with Crippen molar-refractivity contribution in [3.05, 3.63) is 48.5 Å². The maximum Gasteiger partial charge on any atom is 0.234 e. The third kappa shape index (κ3) is 6.09. The van der Waals surface area contributed by atoms with Gasteiger partial charge < -0.3 is 25.0 Å². The predicted molar refractivity (Wildman–Crippen MR) is 125 cm³/mol. The van der Waals surface area contributed by atoms with E-state index in [4.69, 9.17) is 9.47 Å². The summed E-state index contributed by atoms with van der Waals surface area (Å²) < 4.78 is 11.3. The van der Waals surface area contributed by atoms with Crippen molar-refractivity contribution in [1.82, 2.24) is 10.2 Å². The zero-order chi connectivity index (χ0) is 21.5. The van der Waals surface area contributed by atoms with Crippen molar-refractivity contribution in [2.24, 2.45) is 0 Å². The zero-order valence-corrected chi connectivity index (χ0v) is 18.7. The Morgan fingerprint density at radius 1 is 1.10 bits per heavy atom. The maximum absolute atomic E-state index is 12.3. The smallest absolute Gasteiger partial charge is 0.234 e. The molecule has 3 aromatic rings. The number of carbonyl (C=O) groups excluding carboxylic acids is 1. The molecule has 31 heavy (non-hydrogen) atoms. The quantitative estimate of drug-likeness (QED) is 0.493. The van der Waals surface area contributed by atoms with E-state index in [2.05, 4.69) is 25.7 Å². The van der Waals surface area contributed by atoms with E-state index in [1.165, 1.54) is 23.1 Å². The third-order valence-corrected chi connectivity index (χ3v) is 6.57. The number of nitrogens with zero attached hydrogens (tertiary/aromatic N) is 3. The highest BCUT2D eigenvalue weighted by Gasteiger charge is 2.12. The van der Waals surface area contributed by atoms with E-state index in [1.54, 1.807) is 7.11 Å². The Hall–Kier alpha value is -2.82. The number of nitrogens with one attached hydrogen (secondary N) is 2. The summed E-state index contributed by atoms with van der Waals surface area (Å²) in [5.74, 6) is 0.979. The van der Waals surface area contributed by atoms with Crippen molar-refractivity contribution >= 4 is 51.2 Å². The van der Waals surface area contributed by atoms with Gasteiger partial charge in [0.05, 0.1) is 26.1 Å². The SMILES string of the molecule is COc1ccc(Nc2nnc(SCC(=O)Nc3ccc(N4CCOCC4)cc3)s2)cc1. The molecule has 10 heteroatoms. The van der Waals surface area contributed by atoms with Crippen LogP contribution in [-0.4, -0.2) is 55.3 Å². The molecule has 0 bridgehead atoms. The molecule has 2 N–H and O–H groups in total. The maximum atomic E-state index is 12.3. The number of methoxy groups -OCH3 is 1. The molecular weight excluding hydrogens is 434 g/mol. The fourth-order valence-electron chi connectivity index (χ4n) is 3.02. The molecular formula is C21H23N5O3S2. The van der Waals surface area contributed by atoms with Crippen LogP contribution in [0.5, 0.6) is 5.75 Å². The van der Waals surface area contributed by atoms with Crippen molar-refractivity contribution in [3.63, 3.8) is 0 Å². The van der Waals surface area contributed by atoms with Crippen molar-refractivity contribution in [2.75, 3.05) is 54.7 Å². The molecule has 1 aliphatic rings. The van der Waals surface area contributed by atoms with E-state index in [0.717, 1.165) is 53.5 Å². The highest BCUT2D eigenvalue weighted by Crippen LogP contribution is 2.28. The number of aromatic nitrogens is 2. The summed E-state index contributed by atoms with van der Waals surface area (Å²) in [5.41, 5.74) is 2.81. The van der Waals surface area contributed by atoms with Crippen LogP contribution in [0.25, 0.3) is 0 Å².